The second kappa shape index (κ2) is 9.44. The molecule has 0 aliphatic heterocycles. The third kappa shape index (κ3) is 226. The number of rotatable bonds is 1. The standard InChI is InChI=1S/C5H11.C3H5O.Mg/c1-5(2,3)4;1-2-3-4;/h1H2,2-4H3;3H,1-2H2;/q2*-1;+2. The Morgan fingerprint density at radius 3 is 1.50 bits per heavy atom. The third-order valence-corrected chi connectivity index (χ3v) is 0.118. The van der Waals surface area contributed by atoms with Crippen molar-refractivity contribution in [2.24, 2.45) is 5.41 Å². The second-order valence-corrected chi connectivity index (χ2v) is 3.02. The Hall–Kier alpha value is 0.436. The van der Waals surface area contributed by atoms with Crippen LogP contribution in [0.4, 0.5) is 0 Å². The van der Waals surface area contributed by atoms with Crippen molar-refractivity contribution < 1.29 is 4.79 Å². The molecule has 0 aromatic carbocycles. The average molecular weight is 153 g/mol. The molecule has 0 rings (SSSR count). The predicted octanol–water partition coefficient (Wildman–Crippen LogP) is 1.90. The molecule has 0 fully saturated rings. The quantitative estimate of drug-likeness (QED) is 0.319. The summed E-state index contributed by atoms with van der Waals surface area (Å²) in [6, 6.07) is 0. The molecule has 56 valence electrons. The van der Waals surface area contributed by atoms with Gasteiger partial charge in [-0.05, 0) is 0 Å². The summed E-state index contributed by atoms with van der Waals surface area (Å²) in [4.78, 5) is 9.11. The van der Waals surface area contributed by atoms with Gasteiger partial charge in [-0.1, -0.05) is 20.8 Å². The molecule has 0 unspecified atom stereocenters. The Labute approximate surface area is 80.7 Å². The van der Waals surface area contributed by atoms with Gasteiger partial charge in [0, 0.05) is 0 Å². The van der Waals surface area contributed by atoms with Gasteiger partial charge >= 0.3 is 23.1 Å². The molecule has 2 heteroatoms. The minimum Gasteiger partial charge on any atom is -0.338 e. The van der Waals surface area contributed by atoms with E-state index in [1.807, 2.05) is 0 Å². The van der Waals surface area contributed by atoms with E-state index in [1.165, 1.54) is 0 Å². The van der Waals surface area contributed by atoms with Gasteiger partial charge in [0.2, 0.25) is 0 Å². The molecule has 0 aromatic rings. The van der Waals surface area contributed by atoms with E-state index in [0.29, 0.717) is 6.42 Å². The summed E-state index contributed by atoms with van der Waals surface area (Å²) in [5.41, 5.74) is 0.250. The number of hydrogen-bond donors (Lipinski definition) is 0. The van der Waals surface area contributed by atoms with Gasteiger partial charge in [-0.3, -0.25) is 0 Å². The molecule has 0 spiro atoms. The van der Waals surface area contributed by atoms with E-state index < -0.39 is 0 Å². The van der Waals surface area contributed by atoms with Gasteiger partial charge in [-0.15, -0.1) is 6.42 Å². The van der Waals surface area contributed by atoms with Crippen LogP contribution in [0.1, 0.15) is 27.2 Å². The van der Waals surface area contributed by atoms with Gasteiger partial charge in [-0.25, -0.2) is 0 Å². The van der Waals surface area contributed by atoms with Crippen LogP contribution in [0.15, 0.2) is 0 Å². The van der Waals surface area contributed by atoms with E-state index in [4.69, 9.17) is 4.79 Å². The molecule has 0 radical (unpaired) electrons. The van der Waals surface area contributed by atoms with Gasteiger partial charge in [-0.2, -0.15) is 5.41 Å². The summed E-state index contributed by atoms with van der Waals surface area (Å²) >= 11 is 0. The van der Waals surface area contributed by atoms with Crippen molar-refractivity contribution in [3.05, 3.63) is 13.8 Å². The normalized spacial score (nSPS) is 8.50. The molecular weight excluding hydrogens is 136 g/mol. The molecule has 0 heterocycles. The number of aldehydes is 1. The van der Waals surface area contributed by atoms with Crippen molar-refractivity contribution in [3.8, 4) is 0 Å². The fraction of sp³-hybridized carbons (Fsp3) is 0.625. The molecule has 0 saturated heterocycles. The van der Waals surface area contributed by atoms with Crippen LogP contribution in [0.3, 0.4) is 0 Å². The van der Waals surface area contributed by atoms with E-state index in [2.05, 4.69) is 34.6 Å². The van der Waals surface area contributed by atoms with E-state index >= 15 is 0 Å². The topological polar surface area (TPSA) is 17.1 Å². The first-order valence-electron chi connectivity index (χ1n) is 3.00. The number of carbonyl (C=O) groups excluding carboxylic acids is 1. The van der Waals surface area contributed by atoms with Crippen molar-refractivity contribution in [1.82, 2.24) is 0 Å². The summed E-state index contributed by atoms with van der Waals surface area (Å²) in [6.07, 6.45) is 1.15. The fourth-order valence-corrected chi connectivity index (χ4v) is 0. The predicted molar refractivity (Wildman–Crippen MR) is 46.6 cm³/mol. The van der Waals surface area contributed by atoms with Crippen LogP contribution in [0.2, 0.25) is 0 Å². The Bertz CT molecular complexity index is 58.1. The minimum atomic E-state index is 0. The monoisotopic (exact) mass is 152 g/mol. The van der Waals surface area contributed by atoms with E-state index in [-0.39, 0.29) is 28.5 Å². The first kappa shape index (κ1) is 16.8. The Morgan fingerprint density at radius 2 is 1.50 bits per heavy atom. The van der Waals surface area contributed by atoms with Gasteiger partial charge in [0.25, 0.3) is 0 Å². The maximum Gasteiger partial charge on any atom is 2.00 e. The SMILES string of the molecule is [CH2-]C(C)(C)C.[CH2-]CC=O.[Mg+2]. The van der Waals surface area contributed by atoms with Crippen molar-refractivity contribution in [2.45, 2.75) is 27.2 Å². The minimum absolute atomic E-state index is 0. The Balaban J connectivity index is -0.0000000910. The number of hydrogen-bond acceptors (Lipinski definition) is 1. The second-order valence-electron chi connectivity index (χ2n) is 3.02. The van der Waals surface area contributed by atoms with Crippen molar-refractivity contribution in [3.63, 3.8) is 0 Å². The zero-order valence-electron chi connectivity index (χ0n) is 7.31. The fourth-order valence-electron chi connectivity index (χ4n) is 0. The van der Waals surface area contributed by atoms with Crippen LogP contribution in [-0.2, 0) is 4.79 Å². The third-order valence-electron chi connectivity index (χ3n) is 0.118. The molecule has 0 aromatic heterocycles. The molecule has 0 amide bonds. The number of carbonyl (C=O) groups is 1. The zero-order chi connectivity index (χ0) is 7.91. The smallest absolute Gasteiger partial charge is 0.338 e. The molecule has 0 saturated carbocycles. The van der Waals surface area contributed by atoms with Gasteiger partial charge < -0.3 is 18.6 Å². The van der Waals surface area contributed by atoms with Crippen LogP contribution < -0.4 is 0 Å². The molecule has 0 bridgehead atoms. The Kier molecular flexibility index (Phi) is 15.9. The Morgan fingerprint density at radius 1 is 1.40 bits per heavy atom. The average Bonchev–Trinajstić information content (AvgIpc) is 1.61. The summed E-state index contributed by atoms with van der Waals surface area (Å²) < 4.78 is 0. The van der Waals surface area contributed by atoms with Crippen LogP contribution in [-0.4, -0.2) is 29.3 Å². The van der Waals surface area contributed by atoms with Crippen molar-refractivity contribution in [1.29, 1.82) is 0 Å². The van der Waals surface area contributed by atoms with E-state index in [0.717, 1.165) is 6.29 Å². The van der Waals surface area contributed by atoms with Gasteiger partial charge in [0.15, 0.2) is 0 Å². The first-order valence-corrected chi connectivity index (χ1v) is 3.00. The molecule has 1 nitrogen and oxygen atoms in total. The zero-order valence-corrected chi connectivity index (χ0v) is 8.73. The van der Waals surface area contributed by atoms with Crippen LogP contribution in [0, 0.1) is 19.3 Å². The van der Waals surface area contributed by atoms with Gasteiger partial charge in [0.05, 0.1) is 6.29 Å². The van der Waals surface area contributed by atoms with Crippen LogP contribution >= 0.6 is 0 Å². The van der Waals surface area contributed by atoms with Crippen molar-refractivity contribution >= 4 is 29.3 Å². The van der Waals surface area contributed by atoms with E-state index in [1.54, 1.807) is 0 Å². The summed E-state index contributed by atoms with van der Waals surface area (Å²) in [6.45, 7) is 13.2. The maximum absolute atomic E-state index is 9.11. The van der Waals surface area contributed by atoms with E-state index in [9.17, 15) is 0 Å². The molecule has 10 heavy (non-hydrogen) atoms. The van der Waals surface area contributed by atoms with Crippen LogP contribution in [0.5, 0.6) is 0 Å². The maximum atomic E-state index is 9.11. The van der Waals surface area contributed by atoms with Crippen molar-refractivity contribution in [2.75, 3.05) is 0 Å². The van der Waals surface area contributed by atoms with Crippen LogP contribution in [0.25, 0.3) is 0 Å². The van der Waals surface area contributed by atoms with Gasteiger partial charge in [0.1, 0.15) is 0 Å². The first-order chi connectivity index (χ1) is 3.91. The summed E-state index contributed by atoms with van der Waals surface area (Å²) in [7, 11) is 0. The largest absolute Gasteiger partial charge is 2.00 e. The molecule has 0 aliphatic carbocycles. The summed E-state index contributed by atoms with van der Waals surface area (Å²) in [5.74, 6) is 0. The molecule has 0 atom stereocenters. The molecular formula is C8H16MgO. The summed E-state index contributed by atoms with van der Waals surface area (Å²) in [5, 5.41) is 0. The molecule has 0 aliphatic rings. The molecule has 0 N–H and O–H groups in total.